The molecule has 1 aromatic carbocycles. The third kappa shape index (κ3) is 3.22. The Morgan fingerprint density at radius 1 is 1.45 bits per heavy atom. The molecule has 1 unspecified atom stereocenters. The van der Waals surface area contributed by atoms with Crippen LogP contribution in [0.3, 0.4) is 0 Å². The Kier molecular flexibility index (Phi) is 4.83. The Labute approximate surface area is 128 Å². The van der Waals surface area contributed by atoms with Crippen molar-refractivity contribution in [3.05, 3.63) is 46.5 Å². The average molecular weight is 337 g/mol. The first kappa shape index (κ1) is 15.1. The number of halogens is 1. The molecule has 0 saturated heterocycles. The SMILES string of the molecule is CNC(C)c1cc(Br)ccc1N(C)Cc1nccn1C. The van der Waals surface area contributed by atoms with Crippen molar-refractivity contribution < 1.29 is 0 Å². The third-order valence-electron chi connectivity index (χ3n) is 3.60. The van der Waals surface area contributed by atoms with Gasteiger partial charge in [-0.05, 0) is 37.7 Å². The van der Waals surface area contributed by atoms with Crippen LogP contribution in [0.15, 0.2) is 35.1 Å². The highest BCUT2D eigenvalue weighted by molar-refractivity contribution is 9.10. The van der Waals surface area contributed by atoms with Gasteiger partial charge in [-0.15, -0.1) is 0 Å². The van der Waals surface area contributed by atoms with E-state index in [9.17, 15) is 0 Å². The van der Waals surface area contributed by atoms with E-state index in [2.05, 4.69) is 67.9 Å². The standard InChI is InChI=1S/C15H21BrN4/c1-11(17-2)13-9-12(16)5-6-14(13)20(4)10-15-18-7-8-19(15)3/h5-9,11,17H,10H2,1-4H3. The highest BCUT2D eigenvalue weighted by Crippen LogP contribution is 2.29. The fraction of sp³-hybridized carbons (Fsp3) is 0.400. The number of rotatable bonds is 5. The lowest BCUT2D eigenvalue weighted by Crippen LogP contribution is -2.23. The number of aryl methyl sites for hydroxylation is 1. The van der Waals surface area contributed by atoms with Crippen LogP contribution < -0.4 is 10.2 Å². The number of aromatic nitrogens is 2. The molecule has 1 N–H and O–H groups in total. The van der Waals surface area contributed by atoms with Gasteiger partial charge in [0.2, 0.25) is 0 Å². The Bertz CT molecular complexity index is 579. The fourth-order valence-electron chi connectivity index (χ4n) is 2.22. The van der Waals surface area contributed by atoms with Gasteiger partial charge in [-0.1, -0.05) is 15.9 Å². The smallest absolute Gasteiger partial charge is 0.127 e. The molecule has 0 bridgehead atoms. The van der Waals surface area contributed by atoms with Crippen molar-refractivity contribution in [1.82, 2.24) is 14.9 Å². The van der Waals surface area contributed by atoms with Crippen molar-refractivity contribution in [3.8, 4) is 0 Å². The highest BCUT2D eigenvalue weighted by Gasteiger charge is 2.14. The molecule has 0 aliphatic heterocycles. The van der Waals surface area contributed by atoms with Crippen LogP contribution in [0, 0.1) is 0 Å². The largest absolute Gasteiger partial charge is 0.367 e. The van der Waals surface area contributed by atoms with E-state index < -0.39 is 0 Å². The molecule has 0 spiro atoms. The molecule has 0 fully saturated rings. The van der Waals surface area contributed by atoms with E-state index in [1.54, 1.807) is 0 Å². The lowest BCUT2D eigenvalue weighted by atomic mass is 10.1. The van der Waals surface area contributed by atoms with Crippen LogP contribution in [0.2, 0.25) is 0 Å². The van der Waals surface area contributed by atoms with Crippen LogP contribution in [-0.2, 0) is 13.6 Å². The second-order valence-corrected chi connectivity index (χ2v) is 5.94. The number of benzene rings is 1. The number of hydrogen-bond acceptors (Lipinski definition) is 3. The van der Waals surface area contributed by atoms with E-state index in [0.29, 0.717) is 6.04 Å². The van der Waals surface area contributed by atoms with Gasteiger partial charge in [-0.2, -0.15) is 0 Å². The van der Waals surface area contributed by atoms with E-state index in [-0.39, 0.29) is 0 Å². The molecule has 0 saturated carbocycles. The predicted molar refractivity (Wildman–Crippen MR) is 86.9 cm³/mol. The van der Waals surface area contributed by atoms with E-state index in [1.165, 1.54) is 11.3 Å². The molecule has 5 heteroatoms. The molecule has 1 atom stereocenters. The van der Waals surface area contributed by atoms with Crippen LogP contribution in [-0.4, -0.2) is 23.6 Å². The van der Waals surface area contributed by atoms with E-state index >= 15 is 0 Å². The molecule has 2 aromatic rings. The normalized spacial score (nSPS) is 12.4. The lowest BCUT2D eigenvalue weighted by Gasteiger charge is -2.25. The van der Waals surface area contributed by atoms with Crippen molar-refractivity contribution in [3.63, 3.8) is 0 Å². The molecule has 0 radical (unpaired) electrons. The van der Waals surface area contributed by atoms with Crippen molar-refractivity contribution in [2.24, 2.45) is 7.05 Å². The molecule has 1 heterocycles. The second-order valence-electron chi connectivity index (χ2n) is 5.02. The maximum atomic E-state index is 4.39. The first-order valence-electron chi connectivity index (χ1n) is 6.67. The zero-order valence-corrected chi connectivity index (χ0v) is 14.0. The number of nitrogens with zero attached hydrogens (tertiary/aromatic N) is 3. The fourth-order valence-corrected chi connectivity index (χ4v) is 2.60. The van der Waals surface area contributed by atoms with Gasteiger partial charge in [0.1, 0.15) is 5.82 Å². The minimum atomic E-state index is 0.298. The first-order chi connectivity index (χ1) is 9.52. The first-order valence-corrected chi connectivity index (χ1v) is 7.46. The lowest BCUT2D eigenvalue weighted by molar-refractivity contribution is 0.647. The van der Waals surface area contributed by atoms with Crippen LogP contribution in [0.25, 0.3) is 0 Å². The van der Waals surface area contributed by atoms with Crippen LogP contribution in [0.1, 0.15) is 24.4 Å². The zero-order chi connectivity index (χ0) is 14.7. The summed E-state index contributed by atoms with van der Waals surface area (Å²) in [5.41, 5.74) is 2.50. The zero-order valence-electron chi connectivity index (χ0n) is 12.4. The van der Waals surface area contributed by atoms with Gasteiger partial charge in [-0.25, -0.2) is 4.98 Å². The summed E-state index contributed by atoms with van der Waals surface area (Å²) in [7, 11) is 6.10. The van der Waals surface area contributed by atoms with Gasteiger partial charge >= 0.3 is 0 Å². The average Bonchev–Trinajstić information content (AvgIpc) is 2.83. The summed E-state index contributed by atoms with van der Waals surface area (Å²) in [6.07, 6.45) is 3.81. The monoisotopic (exact) mass is 336 g/mol. The summed E-state index contributed by atoms with van der Waals surface area (Å²) in [5, 5.41) is 3.31. The number of imidazole rings is 1. The van der Waals surface area contributed by atoms with E-state index in [0.717, 1.165) is 16.8 Å². The van der Waals surface area contributed by atoms with Gasteiger partial charge in [0, 0.05) is 42.7 Å². The van der Waals surface area contributed by atoms with E-state index in [4.69, 9.17) is 0 Å². The van der Waals surface area contributed by atoms with Crippen molar-refractivity contribution >= 4 is 21.6 Å². The molecule has 0 amide bonds. The molecule has 0 aliphatic rings. The minimum Gasteiger partial charge on any atom is -0.367 e. The second kappa shape index (κ2) is 6.41. The summed E-state index contributed by atoms with van der Waals surface area (Å²) in [4.78, 5) is 6.62. The van der Waals surface area contributed by atoms with Crippen LogP contribution >= 0.6 is 15.9 Å². The molecular formula is C15H21BrN4. The third-order valence-corrected chi connectivity index (χ3v) is 4.09. The maximum absolute atomic E-state index is 4.39. The number of anilines is 1. The molecule has 20 heavy (non-hydrogen) atoms. The Morgan fingerprint density at radius 2 is 2.20 bits per heavy atom. The Hall–Kier alpha value is -1.33. The van der Waals surface area contributed by atoms with Gasteiger partial charge in [-0.3, -0.25) is 0 Å². The molecule has 2 rings (SSSR count). The van der Waals surface area contributed by atoms with Gasteiger partial charge in [0.05, 0.1) is 6.54 Å². The van der Waals surface area contributed by atoms with Gasteiger partial charge in [0.15, 0.2) is 0 Å². The van der Waals surface area contributed by atoms with Crippen molar-refractivity contribution in [2.45, 2.75) is 19.5 Å². The van der Waals surface area contributed by atoms with Crippen LogP contribution in [0.5, 0.6) is 0 Å². The number of nitrogens with one attached hydrogen (secondary N) is 1. The molecule has 1 aromatic heterocycles. The molecular weight excluding hydrogens is 316 g/mol. The highest BCUT2D eigenvalue weighted by atomic mass is 79.9. The Morgan fingerprint density at radius 3 is 2.80 bits per heavy atom. The van der Waals surface area contributed by atoms with E-state index in [1.807, 2.05) is 26.5 Å². The summed E-state index contributed by atoms with van der Waals surface area (Å²) < 4.78 is 3.15. The summed E-state index contributed by atoms with van der Waals surface area (Å²) in [5.74, 6) is 1.05. The van der Waals surface area contributed by atoms with Crippen molar-refractivity contribution in [2.75, 3.05) is 19.0 Å². The number of hydrogen-bond donors (Lipinski definition) is 1. The van der Waals surface area contributed by atoms with Gasteiger partial charge < -0.3 is 14.8 Å². The van der Waals surface area contributed by atoms with Crippen molar-refractivity contribution in [1.29, 1.82) is 0 Å². The maximum Gasteiger partial charge on any atom is 0.127 e. The van der Waals surface area contributed by atoms with Crippen LogP contribution in [0.4, 0.5) is 5.69 Å². The molecule has 0 aliphatic carbocycles. The molecule has 4 nitrogen and oxygen atoms in total. The van der Waals surface area contributed by atoms with Gasteiger partial charge in [0.25, 0.3) is 0 Å². The molecule has 108 valence electrons. The minimum absolute atomic E-state index is 0.298. The topological polar surface area (TPSA) is 33.1 Å². The Balaban J connectivity index is 2.29. The predicted octanol–water partition coefficient (Wildman–Crippen LogP) is 3.10. The quantitative estimate of drug-likeness (QED) is 0.910. The summed E-state index contributed by atoms with van der Waals surface area (Å²) >= 11 is 3.55. The summed E-state index contributed by atoms with van der Waals surface area (Å²) in [6.45, 7) is 2.95. The summed E-state index contributed by atoms with van der Waals surface area (Å²) in [6, 6.07) is 6.70.